The van der Waals surface area contributed by atoms with E-state index >= 15 is 0 Å². The molecule has 2 aromatic rings. The highest BCUT2D eigenvalue weighted by Crippen LogP contribution is 2.22. The van der Waals surface area contributed by atoms with Gasteiger partial charge in [-0.25, -0.2) is 4.79 Å². The van der Waals surface area contributed by atoms with Gasteiger partial charge in [-0.05, 0) is 42.8 Å². The average Bonchev–Trinajstić information content (AvgIpc) is 2.33. The van der Waals surface area contributed by atoms with Crippen molar-refractivity contribution in [3.63, 3.8) is 0 Å². The molecular weight excluding hydrogens is 254 g/mol. The Labute approximate surface area is 108 Å². The Hall–Kier alpha value is -2.14. The summed E-state index contributed by atoms with van der Waals surface area (Å²) in [5.74, 6) is -0.623. The summed E-state index contributed by atoms with van der Waals surface area (Å²) in [6.45, 7) is 1.91. The Balaban J connectivity index is 2.21. The van der Waals surface area contributed by atoms with Gasteiger partial charge in [0.1, 0.15) is 0 Å². The van der Waals surface area contributed by atoms with Crippen LogP contribution in [0.4, 0.5) is 11.5 Å². The number of hydrogen-bond acceptors (Lipinski definition) is 4. The molecule has 1 heterocycles. The molecule has 1 aromatic heterocycles. The number of aryl methyl sites for hydroxylation is 1. The Morgan fingerprint density at radius 3 is 2.61 bits per heavy atom. The summed E-state index contributed by atoms with van der Waals surface area (Å²) in [5, 5.41) is 19.8. The van der Waals surface area contributed by atoms with Crippen molar-refractivity contribution >= 4 is 29.1 Å². The molecule has 0 saturated carbocycles. The average molecular weight is 264 g/mol. The van der Waals surface area contributed by atoms with Crippen LogP contribution in [-0.4, -0.2) is 21.3 Å². The van der Waals surface area contributed by atoms with Crippen LogP contribution in [-0.2, 0) is 0 Å². The number of carboxylic acids is 1. The summed E-state index contributed by atoms with van der Waals surface area (Å²) in [6.07, 6.45) is 0. The molecule has 0 fully saturated rings. The third kappa shape index (κ3) is 2.75. The van der Waals surface area contributed by atoms with Gasteiger partial charge >= 0.3 is 5.97 Å². The lowest BCUT2D eigenvalue weighted by atomic mass is 10.2. The summed E-state index contributed by atoms with van der Waals surface area (Å²) in [5.41, 5.74) is 1.72. The number of aromatic nitrogens is 2. The summed E-state index contributed by atoms with van der Waals surface area (Å²) >= 11 is 5.85. The van der Waals surface area contributed by atoms with Crippen molar-refractivity contribution in [2.75, 3.05) is 5.32 Å². The fraction of sp³-hybridized carbons (Fsp3) is 0.0833. The number of halogens is 1. The van der Waals surface area contributed by atoms with Crippen molar-refractivity contribution in [1.29, 1.82) is 0 Å². The number of aromatic carboxylic acids is 1. The molecule has 5 nitrogen and oxygen atoms in total. The standard InChI is InChI=1S/C12H10ClN3O2/c1-7-6-8(13)2-3-9(7)14-11-5-4-10(12(17)18)15-16-11/h2-6H,1H3,(H,14,16)(H,17,18). The lowest BCUT2D eigenvalue weighted by Crippen LogP contribution is -2.04. The number of rotatable bonds is 3. The zero-order valence-electron chi connectivity index (χ0n) is 9.51. The number of carbonyl (C=O) groups is 1. The number of benzene rings is 1. The minimum Gasteiger partial charge on any atom is -0.476 e. The van der Waals surface area contributed by atoms with Gasteiger partial charge in [-0.15, -0.1) is 10.2 Å². The first kappa shape index (κ1) is 12.3. The normalized spacial score (nSPS) is 10.1. The summed E-state index contributed by atoms with van der Waals surface area (Å²) in [7, 11) is 0. The molecule has 0 amide bonds. The van der Waals surface area contributed by atoms with E-state index in [0.717, 1.165) is 11.3 Å². The Kier molecular flexibility index (Phi) is 3.43. The monoisotopic (exact) mass is 263 g/mol. The lowest BCUT2D eigenvalue weighted by Gasteiger charge is -2.08. The van der Waals surface area contributed by atoms with Gasteiger partial charge in [-0.1, -0.05) is 11.6 Å². The topological polar surface area (TPSA) is 75.1 Å². The van der Waals surface area contributed by atoms with Crippen LogP contribution in [0.25, 0.3) is 0 Å². The zero-order chi connectivity index (χ0) is 13.1. The molecule has 6 heteroatoms. The van der Waals surface area contributed by atoms with Crippen molar-refractivity contribution in [1.82, 2.24) is 10.2 Å². The molecule has 0 unspecified atom stereocenters. The summed E-state index contributed by atoms with van der Waals surface area (Å²) in [6, 6.07) is 8.36. The molecule has 0 aliphatic carbocycles. The zero-order valence-corrected chi connectivity index (χ0v) is 10.3. The minimum absolute atomic E-state index is 0.0895. The summed E-state index contributed by atoms with van der Waals surface area (Å²) < 4.78 is 0. The molecule has 2 N–H and O–H groups in total. The van der Waals surface area contributed by atoms with Crippen molar-refractivity contribution in [3.8, 4) is 0 Å². The van der Waals surface area contributed by atoms with Crippen LogP contribution in [0.3, 0.4) is 0 Å². The Morgan fingerprint density at radius 1 is 1.28 bits per heavy atom. The van der Waals surface area contributed by atoms with Crippen LogP contribution in [0, 0.1) is 6.92 Å². The number of nitrogens with zero attached hydrogens (tertiary/aromatic N) is 2. The number of carboxylic acid groups (broad SMARTS) is 1. The minimum atomic E-state index is -1.10. The molecule has 0 atom stereocenters. The van der Waals surface area contributed by atoms with E-state index in [4.69, 9.17) is 16.7 Å². The number of hydrogen-bond donors (Lipinski definition) is 2. The Bertz CT molecular complexity index is 584. The lowest BCUT2D eigenvalue weighted by molar-refractivity contribution is 0.0689. The maximum Gasteiger partial charge on any atom is 0.356 e. The highest BCUT2D eigenvalue weighted by Gasteiger charge is 2.06. The highest BCUT2D eigenvalue weighted by atomic mass is 35.5. The van der Waals surface area contributed by atoms with Gasteiger partial charge in [0.2, 0.25) is 0 Å². The molecule has 0 spiro atoms. The van der Waals surface area contributed by atoms with E-state index in [0.29, 0.717) is 10.8 Å². The van der Waals surface area contributed by atoms with Crippen molar-refractivity contribution in [2.24, 2.45) is 0 Å². The molecule has 0 saturated heterocycles. The fourth-order valence-electron chi connectivity index (χ4n) is 1.42. The van der Waals surface area contributed by atoms with Gasteiger partial charge in [0.15, 0.2) is 11.5 Å². The van der Waals surface area contributed by atoms with Crippen molar-refractivity contribution < 1.29 is 9.90 Å². The van der Waals surface area contributed by atoms with E-state index in [-0.39, 0.29) is 5.69 Å². The first-order chi connectivity index (χ1) is 8.56. The van der Waals surface area contributed by atoms with Crippen molar-refractivity contribution in [2.45, 2.75) is 6.92 Å². The molecular formula is C12H10ClN3O2. The smallest absolute Gasteiger partial charge is 0.356 e. The quantitative estimate of drug-likeness (QED) is 0.891. The van der Waals surface area contributed by atoms with Crippen molar-refractivity contribution in [3.05, 3.63) is 46.6 Å². The van der Waals surface area contributed by atoms with Gasteiger partial charge < -0.3 is 10.4 Å². The third-order valence-corrected chi connectivity index (χ3v) is 2.57. The summed E-state index contributed by atoms with van der Waals surface area (Å²) in [4.78, 5) is 10.6. The van der Waals surface area contributed by atoms with Gasteiger partial charge in [-0.3, -0.25) is 0 Å². The van der Waals surface area contributed by atoms with Gasteiger partial charge in [0, 0.05) is 10.7 Å². The van der Waals surface area contributed by atoms with E-state index in [2.05, 4.69) is 15.5 Å². The second kappa shape index (κ2) is 5.01. The predicted molar refractivity (Wildman–Crippen MR) is 68.5 cm³/mol. The largest absolute Gasteiger partial charge is 0.476 e. The van der Waals surface area contributed by atoms with Crippen LogP contribution in [0.15, 0.2) is 30.3 Å². The third-order valence-electron chi connectivity index (χ3n) is 2.33. The maximum absolute atomic E-state index is 10.6. The molecule has 1 aromatic carbocycles. The van der Waals surface area contributed by atoms with Gasteiger partial charge in [-0.2, -0.15) is 0 Å². The number of anilines is 2. The second-order valence-electron chi connectivity index (χ2n) is 3.69. The van der Waals surface area contributed by atoms with Gasteiger partial charge in [0.05, 0.1) is 0 Å². The van der Waals surface area contributed by atoms with Gasteiger partial charge in [0.25, 0.3) is 0 Å². The van der Waals surface area contributed by atoms with Crippen LogP contribution in [0.5, 0.6) is 0 Å². The van der Waals surface area contributed by atoms with E-state index in [1.54, 1.807) is 12.1 Å². The molecule has 18 heavy (non-hydrogen) atoms. The molecule has 0 radical (unpaired) electrons. The maximum atomic E-state index is 10.6. The first-order valence-electron chi connectivity index (χ1n) is 5.16. The van der Waals surface area contributed by atoms with Crippen LogP contribution in [0.1, 0.15) is 16.1 Å². The fourth-order valence-corrected chi connectivity index (χ4v) is 1.64. The highest BCUT2D eigenvalue weighted by molar-refractivity contribution is 6.30. The Morgan fingerprint density at radius 2 is 2.06 bits per heavy atom. The van der Waals surface area contributed by atoms with E-state index in [1.165, 1.54) is 6.07 Å². The molecule has 2 rings (SSSR count). The first-order valence-corrected chi connectivity index (χ1v) is 5.54. The molecule has 0 aliphatic rings. The number of nitrogens with one attached hydrogen (secondary N) is 1. The van der Waals surface area contributed by atoms with Crippen LogP contribution < -0.4 is 5.32 Å². The van der Waals surface area contributed by atoms with Crippen LogP contribution >= 0.6 is 11.6 Å². The van der Waals surface area contributed by atoms with E-state index < -0.39 is 5.97 Å². The van der Waals surface area contributed by atoms with E-state index in [9.17, 15) is 4.79 Å². The molecule has 92 valence electrons. The van der Waals surface area contributed by atoms with Crippen LogP contribution in [0.2, 0.25) is 5.02 Å². The SMILES string of the molecule is Cc1cc(Cl)ccc1Nc1ccc(C(=O)O)nn1. The second-order valence-corrected chi connectivity index (χ2v) is 4.13. The molecule has 0 bridgehead atoms. The predicted octanol–water partition coefficient (Wildman–Crippen LogP) is 2.88. The molecule has 0 aliphatic heterocycles. The van der Waals surface area contributed by atoms with E-state index in [1.807, 2.05) is 19.1 Å².